The van der Waals surface area contributed by atoms with Gasteiger partial charge in [-0.1, -0.05) is 6.92 Å². The van der Waals surface area contributed by atoms with Gasteiger partial charge < -0.3 is 4.74 Å². The van der Waals surface area contributed by atoms with E-state index in [0.717, 1.165) is 9.77 Å². The van der Waals surface area contributed by atoms with Crippen LogP contribution in [-0.4, -0.2) is 18.8 Å². The Morgan fingerprint density at radius 3 is 2.69 bits per heavy atom. The van der Waals surface area contributed by atoms with Crippen molar-refractivity contribution in [3.63, 3.8) is 0 Å². The fourth-order valence-corrected chi connectivity index (χ4v) is 3.32. The predicted octanol–water partition coefficient (Wildman–Crippen LogP) is 3.08. The van der Waals surface area contributed by atoms with Gasteiger partial charge in [-0.2, -0.15) is 5.26 Å². The minimum Gasteiger partial charge on any atom is -0.462 e. The van der Waals surface area contributed by atoms with Crippen molar-refractivity contribution in [2.45, 2.75) is 24.5 Å². The molecule has 1 aromatic rings. The Morgan fingerprint density at radius 2 is 2.25 bits per heavy atom. The van der Waals surface area contributed by atoms with E-state index in [2.05, 4.69) is 6.07 Å². The van der Waals surface area contributed by atoms with E-state index >= 15 is 0 Å². The molecule has 0 N–H and O–H groups in total. The van der Waals surface area contributed by atoms with Gasteiger partial charge in [0, 0.05) is 0 Å². The van der Waals surface area contributed by atoms with Gasteiger partial charge in [-0.15, -0.1) is 23.1 Å². The minimum absolute atomic E-state index is 0.318. The molecule has 0 spiro atoms. The van der Waals surface area contributed by atoms with Crippen molar-refractivity contribution in [1.82, 2.24) is 0 Å². The average Bonchev–Trinajstić information content (AvgIpc) is 2.66. The topological polar surface area (TPSA) is 50.1 Å². The Hall–Kier alpha value is -0.990. The second-order valence-electron chi connectivity index (χ2n) is 2.96. The smallest absolute Gasteiger partial charge is 0.348 e. The van der Waals surface area contributed by atoms with Gasteiger partial charge in [0.25, 0.3) is 0 Å². The fraction of sp³-hybridized carbons (Fsp3) is 0.455. The third-order valence-electron chi connectivity index (χ3n) is 2.09. The Balaban J connectivity index is 3.24. The van der Waals surface area contributed by atoms with Gasteiger partial charge >= 0.3 is 5.97 Å². The van der Waals surface area contributed by atoms with Crippen LogP contribution < -0.4 is 0 Å². The summed E-state index contributed by atoms with van der Waals surface area (Å²) in [6.07, 6.45) is 2.58. The van der Waals surface area contributed by atoms with Gasteiger partial charge in [-0.25, -0.2) is 4.79 Å². The fourth-order valence-electron chi connectivity index (χ4n) is 1.40. The number of hydrogen-bond donors (Lipinski definition) is 0. The van der Waals surface area contributed by atoms with E-state index in [4.69, 9.17) is 10.00 Å². The third-order valence-corrected chi connectivity index (χ3v) is 4.42. The van der Waals surface area contributed by atoms with Crippen molar-refractivity contribution in [3.05, 3.63) is 16.0 Å². The molecule has 0 radical (unpaired) electrons. The van der Waals surface area contributed by atoms with Crippen molar-refractivity contribution in [1.29, 1.82) is 5.26 Å². The van der Waals surface area contributed by atoms with Gasteiger partial charge in [-0.3, -0.25) is 0 Å². The molecule has 0 aliphatic carbocycles. The molecular weight excluding hydrogens is 242 g/mol. The normalized spacial score (nSPS) is 9.88. The molecule has 86 valence electrons. The Labute approximate surface area is 103 Å². The van der Waals surface area contributed by atoms with Crippen LogP contribution >= 0.6 is 23.1 Å². The average molecular weight is 255 g/mol. The molecule has 0 saturated heterocycles. The number of nitriles is 1. The second-order valence-corrected chi connectivity index (χ2v) is 5.06. The summed E-state index contributed by atoms with van der Waals surface area (Å²) in [5.74, 6) is -0.318. The van der Waals surface area contributed by atoms with Crippen LogP contribution in [0.15, 0.2) is 4.21 Å². The number of carbonyl (C=O) groups is 1. The molecule has 0 aliphatic heterocycles. The molecule has 0 atom stereocenters. The monoisotopic (exact) mass is 255 g/mol. The van der Waals surface area contributed by atoms with E-state index in [-0.39, 0.29) is 5.97 Å². The molecule has 16 heavy (non-hydrogen) atoms. The summed E-state index contributed by atoms with van der Waals surface area (Å²) in [5.41, 5.74) is 1.44. The van der Waals surface area contributed by atoms with Crippen LogP contribution in [0.3, 0.4) is 0 Å². The number of ether oxygens (including phenoxy) is 1. The van der Waals surface area contributed by atoms with Crippen LogP contribution in [0.5, 0.6) is 0 Å². The van der Waals surface area contributed by atoms with E-state index in [9.17, 15) is 4.79 Å². The number of esters is 1. The summed E-state index contributed by atoms with van der Waals surface area (Å²) in [5, 5.41) is 9.08. The van der Waals surface area contributed by atoms with Gasteiger partial charge in [-0.05, 0) is 25.2 Å². The van der Waals surface area contributed by atoms with Crippen molar-refractivity contribution >= 4 is 29.1 Å². The van der Waals surface area contributed by atoms with Crippen LogP contribution in [-0.2, 0) is 11.2 Å². The van der Waals surface area contributed by atoms with Crippen LogP contribution in [0, 0.1) is 11.3 Å². The van der Waals surface area contributed by atoms with Crippen LogP contribution in [0.25, 0.3) is 0 Å². The minimum atomic E-state index is -0.318. The van der Waals surface area contributed by atoms with E-state index in [1.165, 1.54) is 23.1 Å². The standard InChI is InChI=1S/C11H13NO2S2/c1-4-7-8(6-12)11(15-3)16-9(7)10(13)14-5-2/h4-5H2,1-3H3. The Bertz CT molecular complexity index is 432. The lowest BCUT2D eigenvalue weighted by atomic mass is 10.1. The number of rotatable bonds is 4. The lowest BCUT2D eigenvalue weighted by Crippen LogP contribution is -2.05. The number of thiophene rings is 1. The lowest BCUT2D eigenvalue weighted by Gasteiger charge is -2.01. The molecule has 0 saturated carbocycles. The molecule has 0 unspecified atom stereocenters. The van der Waals surface area contributed by atoms with Crippen molar-refractivity contribution < 1.29 is 9.53 Å². The molecule has 1 heterocycles. The first-order valence-electron chi connectivity index (χ1n) is 4.96. The number of carbonyl (C=O) groups excluding carboxylic acids is 1. The van der Waals surface area contributed by atoms with E-state index < -0.39 is 0 Å². The Morgan fingerprint density at radius 1 is 1.56 bits per heavy atom. The largest absolute Gasteiger partial charge is 0.462 e. The highest BCUT2D eigenvalue weighted by molar-refractivity contribution is 8.00. The molecular formula is C11H13NO2S2. The molecule has 1 rings (SSSR count). The summed E-state index contributed by atoms with van der Waals surface area (Å²) in [4.78, 5) is 12.3. The van der Waals surface area contributed by atoms with E-state index in [1.807, 2.05) is 13.2 Å². The zero-order valence-electron chi connectivity index (χ0n) is 9.49. The zero-order valence-corrected chi connectivity index (χ0v) is 11.1. The molecule has 0 bridgehead atoms. The van der Waals surface area contributed by atoms with Crippen molar-refractivity contribution in [2.24, 2.45) is 0 Å². The molecule has 5 heteroatoms. The highest BCUT2D eigenvalue weighted by Crippen LogP contribution is 2.35. The predicted molar refractivity (Wildman–Crippen MR) is 66.1 cm³/mol. The first-order valence-corrected chi connectivity index (χ1v) is 7.00. The summed E-state index contributed by atoms with van der Waals surface area (Å²) in [7, 11) is 0. The highest BCUT2D eigenvalue weighted by atomic mass is 32.2. The third kappa shape index (κ3) is 2.39. The van der Waals surface area contributed by atoms with Crippen LogP contribution in [0.4, 0.5) is 0 Å². The molecule has 0 fully saturated rings. The summed E-state index contributed by atoms with van der Waals surface area (Å²) >= 11 is 2.84. The molecule has 0 amide bonds. The highest BCUT2D eigenvalue weighted by Gasteiger charge is 2.21. The number of thioether (sulfide) groups is 1. The maximum Gasteiger partial charge on any atom is 0.348 e. The Kier molecular flexibility index (Phi) is 4.84. The summed E-state index contributed by atoms with van der Waals surface area (Å²) < 4.78 is 5.87. The molecule has 3 nitrogen and oxygen atoms in total. The number of hydrogen-bond acceptors (Lipinski definition) is 5. The van der Waals surface area contributed by atoms with Crippen LogP contribution in [0.2, 0.25) is 0 Å². The maximum absolute atomic E-state index is 11.7. The van der Waals surface area contributed by atoms with Gasteiger partial charge in [0.2, 0.25) is 0 Å². The second kappa shape index (κ2) is 5.92. The van der Waals surface area contributed by atoms with Gasteiger partial charge in [0.1, 0.15) is 10.9 Å². The van der Waals surface area contributed by atoms with Gasteiger partial charge in [0.15, 0.2) is 0 Å². The zero-order chi connectivity index (χ0) is 12.1. The molecule has 1 aromatic heterocycles. The first-order chi connectivity index (χ1) is 7.69. The SMILES string of the molecule is CCOC(=O)c1sc(SC)c(C#N)c1CC. The van der Waals surface area contributed by atoms with Crippen molar-refractivity contribution in [3.8, 4) is 6.07 Å². The van der Waals surface area contributed by atoms with Gasteiger partial charge in [0.05, 0.1) is 16.4 Å². The molecule has 0 aliphatic rings. The maximum atomic E-state index is 11.7. The quantitative estimate of drug-likeness (QED) is 0.613. The van der Waals surface area contributed by atoms with E-state index in [1.54, 1.807) is 6.92 Å². The van der Waals surface area contributed by atoms with E-state index in [0.29, 0.717) is 23.5 Å². The van der Waals surface area contributed by atoms with Crippen molar-refractivity contribution in [2.75, 3.05) is 12.9 Å². The summed E-state index contributed by atoms with van der Waals surface area (Å²) in [6, 6.07) is 2.17. The number of nitrogens with zero attached hydrogens (tertiary/aromatic N) is 1. The summed E-state index contributed by atoms with van der Waals surface area (Å²) in [6.45, 7) is 4.07. The van der Waals surface area contributed by atoms with Crippen LogP contribution in [0.1, 0.15) is 34.6 Å². The molecule has 0 aromatic carbocycles. The lowest BCUT2D eigenvalue weighted by molar-refractivity contribution is 0.0531. The first kappa shape index (κ1) is 13.1.